The molecule has 0 bridgehead atoms. The first-order valence-corrected chi connectivity index (χ1v) is 6.05. The molecule has 0 spiro atoms. The number of benzene rings is 1. The molecule has 0 aliphatic carbocycles. The number of hydrogen-bond donors (Lipinski definition) is 0. The van der Waals surface area contributed by atoms with E-state index in [1.165, 1.54) is 12.8 Å². The average molecular weight is 245 g/mol. The van der Waals surface area contributed by atoms with Gasteiger partial charge in [-0.05, 0) is 41.5 Å². The first-order chi connectivity index (χ1) is 8.88. The molecule has 1 fully saturated rings. The van der Waals surface area contributed by atoms with Crippen LogP contribution in [0.15, 0.2) is 24.5 Å². The van der Waals surface area contributed by atoms with Crippen LogP contribution >= 0.6 is 0 Å². The lowest BCUT2D eigenvalue weighted by Gasteiger charge is -2.21. The summed E-state index contributed by atoms with van der Waals surface area (Å²) < 4.78 is 7.08. The third-order valence-electron chi connectivity index (χ3n) is 3.22. The zero-order valence-corrected chi connectivity index (χ0v) is 10.3. The fourth-order valence-electron chi connectivity index (χ4n) is 2.31. The molecule has 0 atom stereocenters. The van der Waals surface area contributed by atoms with Gasteiger partial charge in [0.1, 0.15) is 12.1 Å². The molecule has 2 aromatic rings. The minimum Gasteiger partial charge on any atom is -0.495 e. The van der Waals surface area contributed by atoms with Gasteiger partial charge >= 0.3 is 0 Å². The van der Waals surface area contributed by atoms with E-state index in [1.54, 1.807) is 18.1 Å². The normalized spacial score (nSPS) is 15.1. The molecule has 0 amide bonds. The highest BCUT2D eigenvalue weighted by molar-refractivity contribution is 5.63. The molecule has 0 unspecified atom stereocenters. The molecule has 1 aromatic carbocycles. The summed E-state index contributed by atoms with van der Waals surface area (Å²) in [6.07, 6.45) is 4.06. The largest absolute Gasteiger partial charge is 0.495 e. The number of tetrazole rings is 1. The van der Waals surface area contributed by atoms with E-state index in [1.807, 2.05) is 12.1 Å². The highest BCUT2D eigenvalue weighted by Crippen LogP contribution is 2.32. The Balaban J connectivity index is 2.01. The van der Waals surface area contributed by atoms with Crippen molar-refractivity contribution in [3.8, 4) is 11.4 Å². The molecule has 1 aromatic heterocycles. The second-order valence-corrected chi connectivity index (χ2v) is 4.30. The fraction of sp³-hybridized carbons (Fsp3) is 0.417. The Kier molecular flexibility index (Phi) is 2.84. The number of ether oxygens (including phenoxy) is 1. The van der Waals surface area contributed by atoms with Gasteiger partial charge in [0, 0.05) is 13.1 Å². The van der Waals surface area contributed by atoms with Crippen molar-refractivity contribution in [2.45, 2.75) is 12.8 Å². The van der Waals surface area contributed by atoms with E-state index in [0.29, 0.717) is 0 Å². The van der Waals surface area contributed by atoms with Crippen molar-refractivity contribution in [3.05, 3.63) is 24.5 Å². The van der Waals surface area contributed by atoms with Gasteiger partial charge in [0.15, 0.2) is 0 Å². The van der Waals surface area contributed by atoms with E-state index >= 15 is 0 Å². The van der Waals surface area contributed by atoms with Crippen LogP contribution in [0, 0.1) is 0 Å². The number of nitrogens with zero attached hydrogens (tertiary/aromatic N) is 5. The van der Waals surface area contributed by atoms with E-state index in [9.17, 15) is 0 Å². The van der Waals surface area contributed by atoms with Gasteiger partial charge < -0.3 is 9.64 Å². The Labute approximate surface area is 105 Å². The van der Waals surface area contributed by atoms with Crippen LogP contribution in [0.4, 0.5) is 5.69 Å². The maximum atomic E-state index is 5.43. The van der Waals surface area contributed by atoms with Crippen LogP contribution in [0.3, 0.4) is 0 Å². The van der Waals surface area contributed by atoms with Crippen LogP contribution in [0.25, 0.3) is 5.69 Å². The minimum atomic E-state index is 0.897. The highest BCUT2D eigenvalue weighted by Gasteiger charge is 2.17. The molecule has 1 saturated heterocycles. The van der Waals surface area contributed by atoms with Gasteiger partial charge in [-0.3, -0.25) is 0 Å². The molecule has 6 nitrogen and oxygen atoms in total. The van der Waals surface area contributed by atoms with Crippen LogP contribution in [0.5, 0.6) is 5.75 Å². The molecule has 0 radical (unpaired) electrons. The van der Waals surface area contributed by atoms with Crippen molar-refractivity contribution < 1.29 is 4.74 Å². The Morgan fingerprint density at radius 3 is 2.72 bits per heavy atom. The van der Waals surface area contributed by atoms with Gasteiger partial charge in [-0.2, -0.15) is 0 Å². The summed E-state index contributed by atoms with van der Waals surface area (Å²) in [6.45, 7) is 2.16. The van der Waals surface area contributed by atoms with Crippen molar-refractivity contribution in [1.29, 1.82) is 0 Å². The number of rotatable bonds is 3. The lowest BCUT2D eigenvalue weighted by atomic mass is 10.2. The Hall–Kier alpha value is -2.11. The Morgan fingerprint density at radius 1 is 1.22 bits per heavy atom. The summed E-state index contributed by atoms with van der Waals surface area (Å²) in [7, 11) is 1.70. The number of aromatic nitrogens is 4. The summed E-state index contributed by atoms with van der Waals surface area (Å²) >= 11 is 0. The lowest BCUT2D eigenvalue weighted by molar-refractivity contribution is 0.415. The number of anilines is 1. The molecular formula is C12H15N5O. The van der Waals surface area contributed by atoms with E-state index in [4.69, 9.17) is 4.74 Å². The quantitative estimate of drug-likeness (QED) is 0.815. The van der Waals surface area contributed by atoms with Gasteiger partial charge in [-0.1, -0.05) is 0 Å². The molecule has 2 heterocycles. The van der Waals surface area contributed by atoms with Crippen LogP contribution < -0.4 is 9.64 Å². The second-order valence-electron chi connectivity index (χ2n) is 4.30. The van der Waals surface area contributed by atoms with Gasteiger partial charge in [0.05, 0.1) is 18.5 Å². The maximum absolute atomic E-state index is 5.43. The minimum absolute atomic E-state index is 0.897. The summed E-state index contributed by atoms with van der Waals surface area (Å²) in [5, 5.41) is 11.2. The fourth-order valence-corrected chi connectivity index (χ4v) is 2.31. The van der Waals surface area contributed by atoms with Gasteiger partial charge in [-0.15, -0.1) is 5.10 Å². The molecule has 18 heavy (non-hydrogen) atoms. The van der Waals surface area contributed by atoms with Crippen LogP contribution in [-0.2, 0) is 0 Å². The molecule has 0 saturated carbocycles. The Morgan fingerprint density at radius 2 is 2.06 bits per heavy atom. The maximum Gasteiger partial charge on any atom is 0.143 e. The average Bonchev–Trinajstić information content (AvgIpc) is 3.11. The smallest absolute Gasteiger partial charge is 0.143 e. The molecule has 1 aliphatic heterocycles. The molecular weight excluding hydrogens is 230 g/mol. The molecule has 3 rings (SSSR count). The molecule has 94 valence electrons. The van der Waals surface area contributed by atoms with Crippen molar-refractivity contribution in [3.63, 3.8) is 0 Å². The van der Waals surface area contributed by atoms with Crippen LogP contribution in [-0.4, -0.2) is 40.4 Å². The van der Waals surface area contributed by atoms with Gasteiger partial charge in [-0.25, -0.2) is 4.68 Å². The summed E-state index contributed by atoms with van der Waals surface area (Å²) in [4.78, 5) is 2.34. The molecule has 0 N–H and O–H groups in total. The zero-order chi connectivity index (χ0) is 12.4. The third kappa shape index (κ3) is 1.90. The number of hydrogen-bond acceptors (Lipinski definition) is 5. The first-order valence-electron chi connectivity index (χ1n) is 6.05. The third-order valence-corrected chi connectivity index (χ3v) is 3.22. The van der Waals surface area contributed by atoms with E-state index in [-0.39, 0.29) is 0 Å². The van der Waals surface area contributed by atoms with Crippen LogP contribution in [0.1, 0.15) is 12.8 Å². The second kappa shape index (κ2) is 4.64. The summed E-state index contributed by atoms with van der Waals surface area (Å²) in [5.74, 6) is 0.897. The van der Waals surface area contributed by atoms with Crippen molar-refractivity contribution in [2.75, 3.05) is 25.1 Å². The van der Waals surface area contributed by atoms with Crippen molar-refractivity contribution >= 4 is 5.69 Å². The van der Waals surface area contributed by atoms with Crippen LogP contribution in [0.2, 0.25) is 0 Å². The molecule has 1 aliphatic rings. The van der Waals surface area contributed by atoms with Gasteiger partial charge in [0.25, 0.3) is 0 Å². The Bertz CT molecular complexity index is 519. The lowest BCUT2D eigenvalue weighted by Crippen LogP contribution is -2.18. The zero-order valence-electron chi connectivity index (χ0n) is 10.3. The predicted molar refractivity (Wildman–Crippen MR) is 67.2 cm³/mol. The first kappa shape index (κ1) is 11.0. The predicted octanol–water partition coefficient (Wildman–Crippen LogP) is 1.27. The SMILES string of the molecule is COc1ccc(-n2cnnn2)cc1N1CCCC1. The van der Waals surface area contributed by atoms with Gasteiger partial charge in [0.2, 0.25) is 0 Å². The monoisotopic (exact) mass is 245 g/mol. The van der Waals surface area contributed by atoms with E-state index in [2.05, 4.69) is 26.5 Å². The topological polar surface area (TPSA) is 56.1 Å². The summed E-state index contributed by atoms with van der Waals surface area (Å²) in [5.41, 5.74) is 2.06. The van der Waals surface area contributed by atoms with Crippen molar-refractivity contribution in [2.24, 2.45) is 0 Å². The summed E-state index contributed by atoms with van der Waals surface area (Å²) in [6, 6.07) is 5.99. The standard InChI is InChI=1S/C12H15N5O/c1-18-12-5-4-10(17-9-13-14-15-17)8-11(12)16-6-2-3-7-16/h4-5,8-9H,2-3,6-7H2,1H3. The van der Waals surface area contributed by atoms with E-state index in [0.717, 1.165) is 30.2 Å². The van der Waals surface area contributed by atoms with Crippen molar-refractivity contribution in [1.82, 2.24) is 20.2 Å². The highest BCUT2D eigenvalue weighted by atomic mass is 16.5. The van der Waals surface area contributed by atoms with E-state index < -0.39 is 0 Å². The number of methoxy groups -OCH3 is 1. The molecule has 6 heteroatoms.